The number of hydrogen-bond acceptors (Lipinski definition) is 3. The smallest absolute Gasteiger partial charge is 0.198 e. The van der Waals surface area contributed by atoms with Gasteiger partial charge in [-0.1, -0.05) is 6.92 Å². The molecule has 4 nitrogen and oxygen atoms in total. The van der Waals surface area contributed by atoms with Crippen LogP contribution < -0.4 is 0 Å². The Labute approximate surface area is 77.6 Å². The summed E-state index contributed by atoms with van der Waals surface area (Å²) in [7, 11) is 0. The zero-order valence-corrected chi connectivity index (χ0v) is 8.09. The zero-order chi connectivity index (χ0) is 8.55. The lowest BCUT2D eigenvalue weighted by molar-refractivity contribution is 0.998. The summed E-state index contributed by atoms with van der Waals surface area (Å²) in [6.45, 7) is 2.05. The molecule has 0 atom stereocenters. The molecule has 0 amide bonds. The third-order valence-electron chi connectivity index (χ3n) is 1.67. The van der Waals surface area contributed by atoms with E-state index in [-0.39, 0.29) is 0 Å². The van der Waals surface area contributed by atoms with Gasteiger partial charge in [0.2, 0.25) is 0 Å². The number of nitrogens with zero attached hydrogens (tertiary/aromatic N) is 3. The molecule has 0 bridgehead atoms. The number of hydrogen-bond donors (Lipinski definition) is 1. The second kappa shape index (κ2) is 2.82. The molecule has 0 radical (unpaired) electrons. The lowest BCUT2D eigenvalue weighted by Crippen LogP contribution is -1.92. The second-order valence-corrected chi connectivity index (χ2v) is 3.10. The molecule has 1 N–H and O–H groups in total. The summed E-state index contributed by atoms with van der Waals surface area (Å²) in [6, 6.07) is 0. The van der Waals surface area contributed by atoms with Gasteiger partial charge < -0.3 is 4.98 Å². The number of nitrogens with one attached hydrogen (secondary N) is 1. The van der Waals surface area contributed by atoms with E-state index >= 15 is 0 Å². The third-order valence-corrected chi connectivity index (χ3v) is 2.02. The molecule has 0 aliphatic carbocycles. The molecule has 2 aromatic heterocycles. The average Bonchev–Trinajstić information content (AvgIpc) is 2.50. The third kappa shape index (κ3) is 1.10. The average molecular weight is 227 g/mol. The molecule has 0 saturated carbocycles. The van der Waals surface area contributed by atoms with Crippen molar-refractivity contribution in [2.45, 2.75) is 13.3 Å². The molecule has 0 aliphatic rings. The summed E-state index contributed by atoms with van der Waals surface area (Å²) in [5.41, 5.74) is 2.64. The first-order valence-corrected chi connectivity index (χ1v) is 4.46. The number of H-pyrrole nitrogens is 1. The van der Waals surface area contributed by atoms with E-state index < -0.39 is 0 Å². The van der Waals surface area contributed by atoms with E-state index in [1.54, 1.807) is 6.33 Å². The van der Waals surface area contributed by atoms with E-state index in [9.17, 15) is 0 Å². The zero-order valence-electron chi connectivity index (χ0n) is 6.50. The van der Waals surface area contributed by atoms with Gasteiger partial charge in [0.1, 0.15) is 5.52 Å². The van der Waals surface area contributed by atoms with Crippen LogP contribution in [0.4, 0.5) is 0 Å². The highest BCUT2D eigenvalue weighted by atomic mass is 79.9. The van der Waals surface area contributed by atoms with Gasteiger partial charge in [0.15, 0.2) is 10.4 Å². The van der Waals surface area contributed by atoms with Gasteiger partial charge in [-0.2, -0.15) is 0 Å². The Bertz CT molecular complexity index is 409. The first-order valence-electron chi connectivity index (χ1n) is 3.66. The molecule has 0 unspecified atom stereocenters. The van der Waals surface area contributed by atoms with Crippen LogP contribution in [-0.4, -0.2) is 19.9 Å². The number of rotatable bonds is 1. The standard InChI is InChI=1S/C7H7BrN4/c1-2-4-5-6(10-3-9-5)12-7(8)11-4/h3H,2H2,1H3,(H,9,10,11,12). The van der Waals surface area contributed by atoms with Crippen molar-refractivity contribution in [3.8, 4) is 0 Å². The molecule has 2 rings (SSSR count). The van der Waals surface area contributed by atoms with E-state index in [1.807, 2.05) is 0 Å². The van der Waals surface area contributed by atoms with Gasteiger partial charge in [-0.25, -0.2) is 15.0 Å². The maximum atomic E-state index is 4.23. The van der Waals surface area contributed by atoms with Gasteiger partial charge in [0.25, 0.3) is 0 Å². The fraction of sp³-hybridized carbons (Fsp3) is 0.286. The molecule has 0 aromatic carbocycles. The van der Waals surface area contributed by atoms with E-state index in [1.165, 1.54) is 0 Å². The Balaban J connectivity index is 2.80. The van der Waals surface area contributed by atoms with Crippen LogP contribution in [-0.2, 0) is 6.42 Å². The molecular formula is C7H7BrN4. The van der Waals surface area contributed by atoms with E-state index in [4.69, 9.17) is 0 Å². The normalized spacial score (nSPS) is 10.8. The lowest BCUT2D eigenvalue weighted by atomic mass is 10.3. The van der Waals surface area contributed by atoms with Crippen molar-refractivity contribution in [3.05, 3.63) is 16.8 Å². The van der Waals surface area contributed by atoms with Crippen molar-refractivity contribution in [3.63, 3.8) is 0 Å². The van der Waals surface area contributed by atoms with E-state index in [0.29, 0.717) is 10.4 Å². The van der Waals surface area contributed by atoms with Crippen molar-refractivity contribution >= 4 is 27.1 Å². The van der Waals surface area contributed by atoms with Crippen LogP contribution in [0.1, 0.15) is 12.6 Å². The minimum Gasteiger partial charge on any atom is -0.342 e. The quantitative estimate of drug-likeness (QED) is 0.754. The van der Waals surface area contributed by atoms with Crippen molar-refractivity contribution < 1.29 is 0 Å². The molecule has 0 aliphatic heterocycles. The largest absolute Gasteiger partial charge is 0.342 e. The lowest BCUT2D eigenvalue weighted by Gasteiger charge is -1.96. The number of halogens is 1. The Kier molecular flexibility index (Phi) is 1.80. The topological polar surface area (TPSA) is 54.5 Å². The highest BCUT2D eigenvalue weighted by molar-refractivity contribution is 9.10. The first-order chi connectivity index (χ1) is 5.81. The Morgan fingerprint density at radius 1 is 1.50 bits per heavy atom. The molecule has 0 saturated heterocycles. The van der Waals surface area contributed by atoms with Crippen molar-refractivity contribution in [1.82, 2.24) is 19.9 Å². The van der Waals surface area contributed by atoms with E-state index in [0.717, 1.165) is 17.6 Å². The van der Waals surface area contributed by atoms with Crippen molar-refractivity contribution in [2.75, 3.05) is 0 Å². The highest BCUT2D eigenvalue weighted by Gasteiger charge is 2.05. The fourth-order valence-electron chi connectivity index (χ4n) is 1.12. The maximum Gasteiger partial charge on any atom is 0.198 e. The van der Waals surface area contributed by atoms with Gasteiger partial charge in [-0.3, -0.25) is 0 Å². The number of aromatic nitrogens is 4. The molecule has 5 heteroatoms. The Morgan fingerprint density at radius 2 is 2.33 bits per heavy atom. The van der Waals surface area contributed by atoms with Gasteiger partial charge >= 0.3 is 0 Å². The molecule has 12 heavy (non-hydrogen) atoms. The predicted molar refractivity (Wildman–Crippen MR) is 48.8 cm³/mol. The summed E-state index contributed by atoms with van der Waals surface area (Å²) >= 11 is 3.23. The van der Waals surface area contributed by atoms with Gasteiger partial charge in [0, 0.05) is 0 Å². The van der Waals surface area contributed by atoms with Gasteiger partial charge in [0.05, 0.1) is 12.0 Å². The van der Waals surface area contributed by atoms with E-state index in [2.05, 4.69) is 42.8 Å². The minimum atomic E-state index is 0.596. The van der Waals surface area contributed by atoms with Crippen LogP contribution in [0.2, 0.25) is 0 Å². The summed E-state index contributed by atoms with van der Waals surface area (Å²) in [6.07, 6.45) is 2.50. The summed E-state index contributed by atoms with van der Waals surface area (Å²) in [5.74, 6) is 0. The second-order valence-electron chi connectivity index (χ2n) is 2.39. The molecule has 0 fully saturated rings. The van der Waals surface area contributed by atoms with Crippen molar-refractivity contribution in [1.29, 1.82) is 0 Å². The summed E-state index contributed by atoms with van der Waals surface area (Å²) in [5, 5.41) is 0. The van der Waals surface area contributed by atoms with Crippen LogP contribution in [0.3, 0.4) is 0 Å². The fourth-order valence-corrected chi connectivity index (χ4v) is 1.50. The van der Waals surface area contributed by atoms with Gasteiger partial charge in [-0.15, -0.1) is 0 Å². The van der Waals surface area contributed by atoms with Crippen LogP contribution in [0.5, 0.6) is 0 Å². The Hall–Kier alpha value is -0.970. The molecule has 62 valence electrons. The summed E-state index contributed by atoms with van der Waals surface area (Å²) in [4.78, 5) is 15.4. The number of aromatic amines is 1. The van der Waals surface area contributed by atoms with Crippen molar-refractivity contribution in [2.24, 2.45) is 0 Å². The van der Waals surface area contributed by atoms with Crippen LogP contribution in [0, 0.1) is 0 Å². The predicted octanol–water partition coefficient (Wildman–Crippen LogP) is 1.68. The number of fused-ring (bicyclic) bond motifs is 1. The first kappa shape index (κ1) is 7.67. The van der Waals surface area contributed by atoms with Gasteiger partial charge in [-0.05, 0) is 22.4 Å². The highest BCUT2D eigenvalue weighted by Crippen LogP contribution is 2.14. The maximum absolute atomic E-state index is 4.23. The number of imidazole rings is 1. The minimum absolute atomic E-state index is 0.596. The van der Waals surface area contributed by atoms with Crippen LogP contribution >= 0.6 is 15.9 Å². The molecular weight excluding hydrogens is 220 g/mol. The molecule has 2 aromatic rings. The Morgan fingerprint density at radius 3 is 3.08 bits per heavy atom. The molecule has 0 spiro atoms. The van der Waals surface area contributed by atoms with Crippen LogP contribution in [0.25, 0.3) is 11.2 Å². The number of aryl methyl sites for hydroxylation is 1. The monoisotopic (exact) mass is 226 g/mol. The van der Waals surface area contributed by atoms with Crippen LogP contribution in [0.15, 0.2) is 11.1 Å². The summed E-state index contributed by atoms with van der Waals surface area (Å²) < 4.78 is 0.596. The molecule has 2 heterocycles. The SMILES string of the molecule is CCc1nc(Br)nc2nc[nH]c12.